The molecule has 0 spiro atoms. The first kappa shape index (κ1) is 18.6. The largest absolute Gasteiger partial charge is 0.497 e. The summed E-state index contributed by atoms with van der Waals surface area (Å²) < 4.78 is 7.43. The number of nitrogens with zero attached hydrogens (tertiary/aromatic N) is 2. The Morgan fingerprint density at radius 1 is 1.12 bits per heavy atom. The van der Waals surface area contributed by atoms with E-state index in [1.807, 2.05) is 42.6 Å². The van der Waals surface area contributed by atoms with Crippen LogP contribution in [-0.4, -0.2) is 21.9 Å². The Morgan fingerprint density at radius 3 is 2.58 bits per heavy atom. The van der Waals surface area contributed by atoms with Gasteiger partial charge in [0, 0.05) is 29.1 Å². The molecule has 1 heterocycles. The van der Waals surface area contributed by atoms with Crippen LogP contribution in [0.4, 0.5) is 0 Å². The van der Waals surface area contributed by atoms with Crippen LogP contribution in [0.2, 0.25) is 0 Å². The van der Waals surface area contributed by atoms with Crippen molar-refractivity contribution in [2.24, 2.45) is 0 Å². The maximum Gasteiger partial charge on any atom is 0.118 e. The molecule has 4 heteroatoms. The fraction of sp³-hybridized carbons (Fsp3) is 0.318. The molecule has 0 radical (unpaired) electrons. The number of ether oxygens (including phenoxy) is 1. The third-order valence-corrected chi connectivity index (χ3v) is 5.94. The Bertz CT molecular complexity index is 813. The zero-order chi connectivity index (χ0) is 18.4. The van der Waals surface area contributed by atoms with Gasteiger partial charge in [0.25, 0.3) is 0 Å². The van der Waals surface area contributed by atoms with Crippen molar-refractivity contribution >= 4 is 11.8 Å². The van der Waals surface area contributed by atoms with Crippen LogP contribution in [0, 0.1) is 13.8 Å². The van der Waals surface area contributed by atoms with Crippen LogP contribution in [0.1, 0.15) is 23.1 Å². The zero-order valence-electron chi connectivity index (χ0n) is 15.7. The van der Waals surface area contributed by atoms with E-state index < -0.39 is 0 Å². The average Bonchev–Trinajstić information content (AvgIpc) is 3.15. The minimum Gasteiger partial charge on any atom is -0.497 e. The third-order valence-electron chi connectivity index (χ3n) is 4.51. The number of aryl methyl sites for hydroxylation is 3. The van der Waals surface area contributed by atoms with Crippen molar-refractivity contribution in [1.29, 1.82) is 0 Å². The lowest BCUT2D eigenvalue weighted by molar-refractivity contribution is 0.414. The molecule has 0 bridgehead atoms. The van der Waals surface area contributed by atoms with Gasteiger partial charge in [-0.15, -0.1) is 11.8 Å². The molecule has 1 atom stereocenters. The van der Waals surface area contributed by atoms with Gasteiger partial charge >= 0.3 is 0 Å². The van der Waals surface area contributed by atoms with Crippen LogP contribution in [0.3, 0.4) is 0 Å². The summed E-state index contributed by atoms with van der Waals surface area (Å²) in [4.78, 5) is 5.56. The highest BCUT2D eigenvalue weighted by Crippen LogP contribution is 2.31. The van der Waals surface area contributed by atoms with Gasteiger partial charge in [-0.3, -0.25) is 0 Å². The van der Waals surface area contributed by atoms with E-state index in [9.17, 15) is 0 Å². The van der Waals surface area contributed by atoms with Crippen LogP contribution in [0.15, 0.2) is 66.1 Å². The van der Waals surface area contributed by atoms with E-state index in [1.165, 1.54) is 21.6 Å². The van der Waals surface area contributed by atoms with Crippen molar-refractivity contribution in [3.8, 4) is 5.75 Å². The SMILES string of the molecule is COc1ccc(CCC(Cn2ccnc2)Sc2ccc(C)cc2C)cc1. The number of aromatic nitrogens is 2. The molecule has 2 aromatic carbocycles. The van der Waals surface area contributed by atoms with Gasteiger partial charge < -0.3 is 9.30 Å². The second kappa shape index (κ2) is 8.95. The van der Waals surface area contributed by atoms with Gasteiger partial charge in [-0.1, -0.05) is 29.8 Å². The maximum absolute atomic E-state index is 5.25. The van der Waals surface area contributed by atoms with Crippen LogP contribution in [-0.2, 0) is 13.0 Å². The molecule has 3 rings (SSSR count). The summed E-state index contributed by atoms with van der Waals surface area (Å²) in [6, 6.07) is 15.1. The summed E-state index contributed by atoms with van der Waals surface area (Å²) in [6.45, 7) is 5.31. The Labute approximate surface area is 160 Å². The molecule has 0 aliphatic rings. The van der Waals surface area contributed by atoms with E-state index in [0.29, 0.717) is 5.25 Å². The summed E-state index contributed by atoms with van der Waals surface area (Å²) in [7, 11) is 1.71. The van der Waals surface area contributed by atoms with E-state index in [4.69, 9.17) is 4.74 Å². The Hall–Kier alpha value is -2.20. The van der Waals surface area contributed by atoms with Gasteiger partial charge in [0.2, 0.25) is 0 Å². The first-order chi connectivity index (χ1) is 12.6. The second-order valence-corrected chi connectivity index (χ2v) is 8.00. The van der Waals surface area contributed by atoms with Crippen LogP contribution in [0.5, 0.6) is 5.75 Å². The number of hydrogen-bond acceptors (Lipinski definition) is 3. The van der Waals surface area contributed by atoms with Gasteiger partial charge in [-0.05, 0) is 56.0 Å². The van der Waals surface area contributed by atoms with Crippen molar-refractivity contribution in [1.82, 2.24) is 9.55 Å². The molecule has 0 N–H and O–H groups in total. The molecule has 3 aromatic rings. The molecule has 136 valence electrons. The highest BCUT2D eigenvalue weighted by molar-refractivity contribution is 8.00. The molecule has 0 saturated carbocycles. The standard InChI is InChI=1S/C22H26N2OS/c1-17-4-11-22(18(2)14-17)26-21(15-24-13-12-23-16-24)10-7-19-5-8-20(25-3)9-6-19/h4-6,8-9,11-14,16,21H,7,10,15H2,1-3H3. The molecule has 0 aliphatic carbocycles. The average molecular weight is 367 g/mol. The lowest BCUT2D eigenvalue weighted by Gasteiger charge is -2.19. The normalized spacial score (nSPS) is 12.1. The molecule has 0 saturated heterocycles. The van der Waals surface area contributed by atoms with Crippen LogP contribution < -0.4 is 4.74 Å². The number of imidazole rings is 1. The lowest BCUT2D eigenvalue weighted by atomic mass is 10.1. The Kier molecular flexibility index (Phi) is 6.40. The van der Waals surface area contributed by atoms with Gasteiger partial charge in [0.15, 0.2) is 0 Å². The second-order valence-electron chi connectivity index (χ2n) is 6.66. The smallest absolute Gasteiger partial charge is 0.118 e. The van der Waals surface area contributed by atoms with Crippen LogP contribution >= 0.6 is 11.8 Å². The minimum absolute atomic E-state index is 0.493. The molecule has 0 fully saturated rings. The van der Waals surface area contributed by atoms with Crippen molar-refractivity contribution in [3.05, 3.63) is 77.9 Å². The molecule has 1 aromatic heterocycles. The predicted molar refractivity (Wildman–Crippen MR) is 109 cm³/mol. The van der Waals surface area contributed by atoms with E-state index in [1.54, 1.807) is 7.11 Å². The molecule has 1 unspecified atom stereocenters. The van der Waals surface area contributed by atoms with Gasteiger partial charge in [-0.2, -0.15) is 0 Å². The topological polar surface area (TPSA) is 27.1 Å². The van der Waals surface area contributed by atoms with Gasteiger partial charge in [0.05, 0.1) is 13.4 Å². The van der Waals surface area contributed by atoms with Crippen molar-refractivity contribution in [3.63, 3.8) is 0 Å². The predicted octanol–water partition coefficient (Wildman–Crippen LogP) is 5.30. The van der Waals surface area contributed by atoms with E-state index in [2.05, 4.69) is 53.7 Å². The molecule has 3 nitrogen and oxygen atoms in total. The number of methoxy groups -OCH3 is 1. The summed E-state index contributed by atoms with van der Waals surface area (Å²) in [6.07, 6.45) is 7.97. The number of rotatable bonds is 8. The first-order valence-electron chi connectivity index (χ1n) is 8.96. The summed E-state index contributed by atoms with van der Waals surface area (Å²) in [5, 5.41) is 0.493. The quantitative estimate of drug-likeness (QED) is 0.506. The monoisotopic (exact) mass is 366 g/mol. The summed E-state index contributed by atoms with van der Waals surface area (Å²) >= 11 is 1.98. The Morgan fingerprint density at radius 2 is 1.92 bits per heavy atom. The number of benzene rings is 2. The fourth-order valence-electron chi connectivity index (χ4n) is 3.05. The maximum atomic E-state index is 5.25. The minimum atomic E-state index is 0.493. The van der Waals surface area contributed by atoms with Crippen molar-refractivity contribution < 1.29 is 4.74 Å². The first-order valence-corrected chi connectivity index (χ1v) is 9.84. The van der Waals surface area contributed by atoms with Gasteiger partial charge in [0.1, 0.15) is 5.75 Å². The number of thioether (sulfide) groups is 1. The highest BCUT2D eigenvalue weighted by Gasteiger charge is 2.13. The van der Waals surface area contributed by atoms with E-state index >= 15 is 0 Å². The lowest BCUT2D eigenvalue weighted by Crippen LogP contribution is -2.13. The van der Waals surface area contributed by atoms with Crippen LogP contribution in [0.25, 0.3) is 0 Å². The highest BCUT2D eigenvalue weighted by atomic mass is 32.2. The van der Waals surface area contributed by atoms with Crippen molar-refractivity contribution in [2.45, 2.75) is 43.4 Å². The molecule has 26 heavy (non-hydrogen) atoms. The van der Waals surface area contributed by atoms with E-state index in [-0.39, 0.29) is 0 Å². The molecule has 0 aliphatic heterocycles. The molecular formula is C22H26N2OS. The third kappa shape index (κ3) is 5.15. The van der Waals surface area contributed by atoms with Crippen molar-refractivity contribution in [2.75, 3.05) is 7.11 Å². The summed E-state index contributed by atoms with van der Waals surface area (Å²) in [5.41, 5.74) is 4.02. The van der Waals surface area contributed by atoms with E-state index in [0.717, 1.165) is 25.1 Å². The van der Waals surface area contributed by atoms with Gasteiger partial charge in [-0.25, -0.2) is 4.98 Å². The molecule has 0 amide bonds. The molecular weight excluding hydrogens is 340 g/mol. The zero-order valence-corrected chi connectivity index (χ0v) is 16.5. The Balaban J connectivity index is 1.69. The summed E-state index contributed by atoms with van der Waals surface area (Å²) in [5.74, 6) is 0.911. The number of hydrogen-bond donors (Lipinski definition) is 0. The fourth-order valence-corrected chi connectivity index (χ4v) is 4.28.